The van der Waals surface area contributed by atoms with Crippen molar-refractivity contribution < 1.29 is 27.5 Å². The molecule has 0 bridgehead atoms. The molecule has 5 nitrogen and oxygen atoms in total. The van der Waals surface area contributed by atoms with Gasteiger partial charge in [0, 0.05) is 13.2 Å². The molecule has 1 saturated carbocycles. The van der Waals surface area contributed by atoms with Crippen LogP contribution in [-0.2, 0) is 14.3 Å². The lowest BCUT2D eigenvalue weighted by Gasteiger charge is -2.35. The topological polar surface area (TPSA) is 58.6 Å². The van der Waals surface area contributed by atoms with Crippen LogP contribution in [-0.4, -0.2) is 55.2 Å². The van der Waals surface area contributed by atoms with Gasteiger partial charge in [-0.15, -0.1) is 0 Å². The van der Waals surface area contributed by atoms with Gasteiger partial charge >= 0.3 is 6.18 Å². The van der Waals surface area contributed by atoms with E-state index in [-0.39, 0.29) is 37.4 Å². The van der Waals surface area contributed by atoms with Gasteiger partial charge in [0.05, 0.1) is 6.54 Å². The van der Waals surface area contributed by atoms with Crippen LogP contribution >= 0.6 is 0 Å². The number of halogens is 3. The summed E-state index contributed by atoms with van der Waals surface area (Å²) < 4.78 is 40.2. The number of ether oxygens (including phenoxy) is 1. The molecule has 20 heavy (non-hydrogen) atoms. The van der Waals surface area contributed by atoms with E-state index in [1.807, 2.05) is 0 Å². The normalized spacial score (nSPS) is 23.9. The molecular weight excluding hydrogens is 277 g/mol. The number of rotatable bonds is 6. The first kappa shape index (κ1) is 15.1. The molecule has 2 rings (SSSR count). The Morgan fingerprint density at radius 3 is 2.60 bits per heavy atom. The molecule has 1 N–H and O–H groups in total. The Bertz CT molecular complexity index is 383. The molecule has 2 aliphatic rings. The van der Waals surface area contributed by atoms with E-state index >= 15 is 0 Å². The highest BCUT2D eigenvalue weighted by molar-refractivity contribution is 5.95. The Morgan fingerprint density at radius 1 is 1.30 bits per heavy atom. The van der Waals surface area contributed by atoms with Crippen LogP contribution in [0.1, 0.15) is 19.3 Å². The monoisotopic (exact) mass is 294 g/mol. The third-order valence-corrected chi connectivity index (χ3v) is 3.36. The number of carbonyl (C=O) groups excluding carboxylic acids is 2. The van der Waals surface area contributed by atoms with Gasteiger partial charge < -0.3 is 15.0 Å². The van der Waals surface area contributed by atoms with Crippen molar-refractivity contribution in [3.05, 3.63) is 0 Å². The Morgan fingerprint density at radius 2 is 2.00 bits per heavy atom. The largest absolute Gasteiger partial charge is 0.411 e. The van der Waals surface area contributed by atoms with Crippen LogP contribution in [0, 0.1) is 5.92 Å². The minimum absolute atomic E-state index is 0.0362. The molecule has 2 fully saturated rings. The van der Waals surface area contributed by atoms with Crippen LogP contribution < -0.4 is 5.32 Å². The minimum atomic E-state index is -4.34. The molecule has 1 unspecified atom stereocenters. The molecule has 0 aromatic carbocycles. The molecule has 1 heterocycles. The summed E-state index contributed by atoms with van der Waals surface area (Å²) in [6.07, 6.45) is -2.23. The number of hydrogen-bond donors (Lipinski definition) is 1. The Kier molecular flexibility index (Phi) is 4.52. The van der Waals surface area contributed by atoms with E-state index in [4.69, 9.17) is 0 Å². The number of nitrogens with zero attached hydrogens (tertiary/aromatic N) is 1. The van der Waals surface area contributed by atoms with E-state index in [0.717, 1.165) is 12.8 Å². The Labute approximate surface area is 114 Å². The number of hydrogen-bond acceptors (Lipinski definition) is 3. The van der Waals surface area contributed by atoms with Crippen molar-refractivity contribution in [2.24, 2.45) is 5.92 Å². The van der Waals surface area contributed by atoms with E-state index in [0.29, 0.717) is 6.42 Å². The molecule has 0 aromatic heterocycles. The van der Waals surface area contributed by atoms with Crippen molar-refractivity contribution in [1.82, 2.24) is 10.2 Å². The first-order valence-electron chi connectivity index (χ1n) is 6.60. The smallest absolute Gasteiger partial charge is 0.372 e. The number of amides is 2. The van der Waals surface area contributed by atoms with E-state index in [9.17, 15) is 22.8 Å². The molecule has 1 aliphatic carbocycles. The lowest BCUT2D eigenvalue weighted by atomic mass is 10.1. The summed E-state index contributed by atoms with van der Waals surface area (Å²) in [6.45, 7) is -1.15. The van der Waals surface area contributed by atoms with Gasteiger partial charge in [-0.05, 0) is 25.2 Å². The summed E-state index contributed by atoms with van der Waals surface area (Å²) in [5.74, 6) is -0.157. The fourth-order valence-electron chi connectivity index (χ4n) is 2.33. The maximum atomic E-state index is 11.9. The van der Waals surface area contributed by atoms with Crippen LogP contribution in [0.2, 0.25) is 0 Å². The first-order chi connectivity index (χ1) is 9.38. The average molecular weight is 294 g/mol. The molecule has 0 spiro atoms. The predicted octanol–water partition coefficient (Wildman–Crippen LogP) is 0.692. The van der Waals surface area contributed by atoms with Crippen LogP contribution in [0.15, 0.2) is 0 Å². The van der Waals surface area contributed by atoms with Gasteiger partial charge in [-0.3, -0.25) is 9.59 Å². The molecule has 0 radical (unpaired) electrons. The number of nitrogens with one attached hydrogen (secondary N) is 1. The fourth-order valence-corrected chi connectivity index (χ4v) is 2.33. The van der Waals surface area contributed by atoms with Gasteiger partial charge in [0.25, 0.3) is 0 Å². The van der Waals surface area contributed by atoms with Crippen molar-refractivity contribution in [3.8, 4) is 0 Å². The number of alkyl halides is 3. The van der Waals surface area contributed by atoms with Crippen LogP contribution in [0.25, 0.3) is 0 Å². The van der Waals surface area contributed by atoms with Gasteiger partial charge in [-0.2, -0.15) is 13.2 Å². The average Bonchev–Trinajstić information content (AvgIpc) is 3.15. The highest BCUT2D eigenvalue weighted by Gasteiger charge is 2.44. The van der Waals surface area contributed by atoms with Crippen LogP contribution in [0.3, 0.4) is 0 Å². The van der Waals surface area contributed by atoms with Gasteiger partial charge in [0.2, 0.25) is 11.8 Å². The zero-order chi connectivity index (χ0) is 14.8. The zero-order valence-electron chi connectivity index (χ0n) is 10.9. The van der Waals surface area contributed by atoms with Crippen molar-refractivity contribution in [1.29, 1.82) is 0 Å². The molecule has 2 amide bonds. The highest BCUT2D eigenvalue weighted by Crippen LogP contribution is 2.36. The van der Waals surface area contributed by atoms with Crippen molar-refractivity contribution in [2.45, 2.75) is 31.5 Å². The number of piperazine rings is 1. The summed E-state index contributed by atoms with van der Waals surface area (Å²) >= 11 is 0. The van der Waals surface area contributed by atoms with Crippen molar-refractivity contribution in [3.63, 3.8) is 0 Å². The molecule has 8 heteroatoms. The quantitative estimate of drug-likeness (QED) is 0.733. The molecule has 1 atom stereocenters. The van der Waals surface area contributed by atoms with Gasteiger partial charge in [0.15, 0.2) is 0 Å². The molecular formula is C12H17F3N2O3. The second-order valence-electron chi connectivity index (χ2n) is 5.11. The third kappa shape index (κ3) is 4.09. The van der Waals surface area contributed by atoms with E-state index in [2.05, 4.69) is 10.1 Å². The summed E-state index contributed by atoms with van der Waals surface area (Å²) in [7, 11) is 0. The maximum absolute atomic E-state index is 11.9. The van der Waals surface area contributed by atoms with Gasteiger partial charge in [0.1, 0.15) is 12.6 Å². The van der Waals surface area contributed by atoms with Crippen LogP contribution in [0.4, 0.5) is 13.2 Å². The summed E-state index contributed by atoms with van der Waals surface area (Å²) in [6, 6.07) is -0.459. The van der Waals surface area contributed by atoms with Gasteiger partial charge in [-0.25, -0.2) is 0 Å². The lowest BCUT2D eigenvalue weighted by Crippen LogP contribution is -2.59. The fraction of sp³-hybridized carbons (Fsp3) is 0.833. The summed E-state index contributed by atoms with van der Waals surface area (Å²) in [5, 5.41) is 2.54. The van der Waals surface area contributed by atoms with E-state index < -0.39 is 18.8 Å². The second kappa shape index (κ2) is 5.99. The Hall–Kier alpha value is -1.31. The summed E-state index contributed by atoms with van der Waals surface area (Å²) in [5.41, 5.74) is 0. The highest BCUT2D eigenvalue weighted by atomic mass is 19.4. The lowest BCUT2D eigenvalue weighted by molar-refractivity contribution is -0.174. The van der Waals surface area contributed by atoms with Crippen molar-refractivity contribution in [2.75, 3.05) is 26.3 Å². The van der Waals surface area contributed by atoms with Gasteiger partial charge in [-0.1, -0.05) is 0 Å². The third-order valence-electron chi connectivity index (χ3n) is 3.36. The van der Waals surface area contributed by atoms with E-state index in [1.165, 1.54) is 4.90 Å². The zero-order valence-corrected chi connectivity index (χ0v) is 10.9. The standard InChI is InChI=1S/C12H17F3N2O3/c13-12(14,15)7-20-5-1-4-17-9(18)6-16-11(19)10(17)8-2-3-8/h8,10H,1-7H2,(H,16,19). The Balaban J connectivity index is 1.77. The first-order valence-corrected chi connectivity index (χ1v) is 6.60. The maximum Gasteiger partial charge on any atom is 0.411 e. The summed E-state index contributed by atoms with van der Waals surface area (Å²) in [4.78, 5) is 25.0. The van der Waals surface area contributed by atoms with E-state index in [1.54, 1.807) is 0 Å². The molecule has 0 aromatic rings. The van der Waals surface area contributed by atoms with Crippen molar-refractivity contribution >= 4 is 11.8 Å². The number of carbonyl (C=O) groups is 2. The minimum Gasteiger partial charge on any atom is -0.372 e. The molecule has 114 valence electrons. The SMILES string of the molecule is O=C1NCC(=O)N(CCCOCC(F)(F)F)C1C1CC1. The molecule has 1 aliphatic heterocycles. The second-order valence-corrected chi connectivity index (χ2v) is 5.11. The van der Waals surface area contributed by atoms with Crippen LogP contribution in [0.5, 0.6) is 0 Å². The predicted molar refractivity (Wildman–Crippen MR) is 62.7 cm³/mol. The molecule has 1 saturated heterocycles.